The molecular formula is C16H23N3. The standard InChI is InChI=1S/C16H23N3/c1-2-3-4-5-11-17-13-14-6-8-15(9-7-14)16-10-12-18-19-16/h6-10,12,17H,2-5,11,13H2,1H3,(H,18,19). The third-order valence-corrected chi connectivity index (χ3v) is 3.30. The molecular weight excluding hydrogens is 234 g/mol. The van der Waals surface area contributed by atoms with E-state index in [1.165, 1.54) is 36.8 Å². The van der Waals surface area contributed by atoms with Crippen molar-refractivity contribution in [3.05, 3.63) is 42.1 Å². The molecule has 0 amide bonds. The lowest BCUT2D eigenvalue weighted by molar-refractivity contribution is 0.598. The van der Waals surface area contributed by atoms with Crippen molar-refractivity contribution in [2.45, 2.75) is 39.2 Å². The Bertz CT molecular complexity index is 445. The largest absolute Gasteiger partial charge is 0.313 e. The topological polar surface area (TPSA) is 40.7 Å². The first-order valence-electron chi connectivity index (χ1n) is 7.19. The van der Waals surface area contributed by atoms with Crippen molar-refractivity contribution in [3.8, 4) is 11.3 Å². The summed E-state index contributed by atoms with van der Waals surface area (Å²) in [6.45, 7) is 4.31. The lowest BCUT2D eigenvalue weighted by Gasteiger charge is -2.05. The molecule has 0 unspecified atom stereocenters. The number of rotatable bonds is 8. The summed E-state index contributed by atoms with van der Waals surface area (Å²) in [5, 5.41) is 10.4. The number of aromatic nitrogens is 2. The Morgan fingerprint density at radius 2 is 1.89 bits per heavy atom. The summed E-state index contributed by atoms with van der Waals surface area (Å²) < 4.78 is 0. The van der Waals surface area contributed by atoms with Gasteiger partial charge >= 0.3 is 0 Å². The van der Waals surface area contributed by atoms with E-state index in [0.717, 1.165) is 18.8 Å². The quantitative estimate of drug-likeness (QED) is 0.707. The molecule has 0 bridgehead atoms. The minimum atomic E-state index is 0.954. The summed E-state index contributed by atoms with van der Waals surface area (Å²) in [4.78, 5) is 0. The summed E-state index contributed by atoms with van der Waals surface area (Å²) >= 11 is 0. The molecule has 0 saturated carbocycles. The highest BCUT2D eigenvalue weighted by molar-refractivity contribution is 5.58. The first-order valence-corrected chi connectivity index (χ1v) is 7.19. The van der Waals surface area contributed by atoms with Gasteiger partial charge in [0.1, 0.15) is 0 Å². The maximum Gasteiger partial charge on any atom is 0.0650 e. The fraction of sp³-hybridized carbons (Fsp3) is 0.438. The van der Waals surface area contributed by atoms with E-state index in [4.69, 9.17) is 0 Å². The Labute approximate surface area is 115 Å². The van der Waals surface area contributed by atoms with Gasteiger partial charge in [-0.05, 0) is 30.2 Å². The normalized spacial score (nSPS) is 10.8. The van der Waals surface area contributed by atoms with Crippen LogP contribution in [-0.2, 0) is 6.54 Å². The maximum absolute atomic E-state index is 3.97. The van der Waals surface area contributed by atoms with Gasteiger partial charge in [-0.3, -0.25) is 5.10 Å². The SMILES string of the molecule is CCCCCCNCc1ccc(-c2ccn[nH]2)cc1. The lowest BCUT2D eigenvalue weighted by Crippen LogP contribution is -2.14. The van der Waals surface area contributed by atoms with Crippen molar-refractivity contribution < 1.29 is 0 Å². The predicted octanol–water partition coefficient (Wildman–Crippen LogP) is 3.75. The van der Waals surface area contributed by atoms with Gasteiger partial charge < -0.3 is 5.32 Å². The lowest BCUT2D eigenvalue weighted by atomic mass is 10.1. The van der Waals surface area contributed by atoms with E-state index < -0.39 is 0 Å². The molecule has 0 saturated heterocycles. The second-order valence-electron chi connectivity index (χ2n) is 4.90. The highest BCUT2D eigenvalue weighted by Gasteiger charge is 1.98. The third-order valence-electron chi connectivity index (χ3n) is 3.30. The Kier molecular flexibility index (Phi) is 5.63. The average Bonchev–Trinajstić information content (AvgIpc) is 2.97. The van der Waals surface area contributed by atoms with E-state index in [0.29, 0.717) is 0 Å². The van der Waals surface area contributed by atoms with Crippen LogP contribution in [0.5, 0.6) is 0 Å². The van der Waals surface area contributed by atoms with Crippen LogP contribution in [0.4, 0.5) is 0 Å². The summed E-state index contributed by atoms with van der Waals surface area (Å²) in [5.41, 5.74) is 3.59. The highest BCUT2D eigenvalue weighted by atomic mass is 15.1. The average molecular weight is 257 g/mol. The molecule has 0 aliphatic rings. The van der Waals surface area contributed by atoms with Gasteiger partial charge in [0.05, 0.1) is 5.69 Å². The summed E-state index contributed by atoms with van der Waals surface area (Å²) in [6.07, 6.45) is 7.04. The van der Waals surface area contributed by atoms with Crippen molar-refractivity contribution in [2.24, 2.45) is 0 Å². The fourth-order valence-electron chi connectivity index (χ4n) is 2.13. The fourth-order valence-corrected chi connectivity index (χ4v) is 2.13. The molecule has 0 aliphatic carbocycles. The van der Waals surface area contributed by atoms with Crippen LogP contribution >= 0.6 is 0 Å². The van der Waals surface area contributed by atoms with E-state index in [-0.39, 0.29) is 0 Å². The smallest absolute Gasteiger partial charge is 0.0650 e. The molecule has 2 aromatic rings. The van der Waals surface area contributed by atoms with Crippen LogP contribution in [0, 0.1) is 0 Å². The second-order valence-corrected chi connectivity index (χ2v) is 4.90. The number of aromatic amines is 1. The van der Waals surface area contributed by atoms with Crippen molar-refractivity contribution in [2.75, 3.05) is 6.54 Å². The van der Waals surface area contributed by atoms with Gasteiger partial charge in [-0.15, -0.1) is 0 Å². The molecule has 3 heteroatoms. The van der Waals surface area contributed by atoms with E-state index in [2.05, 4.69) is 46.7 Å². The summed E-state index contributed by atoms with van der Waals surface area (Å²) in [5.74, 6) is 0. The van der Waals surface area contributed by atoms with Crippen LogP contribution in [-0.4, -0.2) is 16.7 Å². The zero-order valence-electron chi connectivity index (χ0n) is 11.7. The van der Waals surface area contributed by atoms with Crippen molar-refractivity contribution in [1.82, 2.24) is 15.5 Å². The first kappa shape index (κ1) is 13.8. The second kappa shape index (κ2) is 7.74. The van der Waals surface area contributed by atoms with E-state index in [9.17, 15) is 0 Å². The molecule has 2 rings (SSSR count). The number of benzene rings is 1. The summed E-state index contributed by atoms with van der Waals surface area (Å²) in [6, 6.07) is 10.6. The molecule has 2 N–H and O–H groups in total. The van der Waals surface area contributed by atoms with Crippen LogP contribution in [0.25, 0.3) is 11.3 Å². The molecule has 1 aromatic heterocycles. The van der Waals surface area contributed by atoms with Gasteiger partial charge in [-0.1, -0.05) is 50.5 Å². The van der Waals surface area contributed by atoms with Crippen LogP contribution in [0.15, 0.2) is 36.5 Å². The zero-order valence-corrected chi connectivity index (χ0v) is 11.7. The predicted molar refractivity (Wildman–Crippen MR) is 79.9 cm³/mol. The van der Waals surface area contributed by atoms with Crippen molar-refractivity contribution in [1.29, 1.82) is 0 Å². The molecule has 19 heavy (non-hydrogen) atoms. The zero-order chi connectivity index (χ0) is 13.3. The first-order chi connectivity index (χ1) is 9.40. The molecule has 1 aromatic carbocycles. The number of nitrogens with zero attached hydrogens (tertiary/aromatic N) is 1. The highest BCUT2D eigenvalue weighted by Crippen LogP contribution is 2.16. The van der Waals surface area contributed by atoms with Crippen LogP contribution in [0.3, 0.4) is 0 Å². The minimum absolute atomic E-state index is 0.954. The number of hydrogen-bond acceptors (Lipinski definition) is 2. The molecule has 0 aliphatic heterocycles. The Morgan fingerprint density at radius 3 is 2.58 bits per heavy atom. The molecule has 0 atom stereocenters. The van der Waals surface area contributed by atoms with Gasteiger partial charge in [-0.2, -0.15) is 5.10 Å². The number of unbranched alkanes of at least 4 members (excludes halogenated alkanes) is 3. The molecule has 0 spiro atoms. The van der Waals surface area contributed by atoms with Gasteiger partial charge in [0, 0.05) is 12.7 Å². The van der Waals surface area contributed by atoms with Crippen LogP contribution in [0.2, 0.25) is 0 Å². The third kappa shape index (κ3) is 4.52. The molecule has 1 heterocycles. The Hall–Kier alpha value is -1.61. The van der Waals surface area contributed by atoms with Crippen molar-refractivity contribution in [3.63, 3.8) is 0 Å². The van der Waals surface area contributed by atoms with Gasteiger partial charge in [0.25, 0.3) is 0 Å². The van der Waals surface area contributed by atoms with Gasteiger partial charge in [0.2, 0.25) is 0 Å². The number of H-pyrrole nitrogens is 1. The Morgan fingerprint density at radius 1 is 1.05 bits per heavy atom. The minimum Gasteiger partial charge on any atom is -0.313 e. The van der Waals surface area contributed by atoms with Crippen molar-refractivity contribution >= 4 is 0 Å². The number of hydrogen-bond donors (Lipinski definition) is 2. The van der Waals surface area contributed by atoms with E-state index in [1.54, 1.807) is 6.20 Å². The molecule has 0 fully saturated rings. The van der Waals surface area contributed by atoms with E-state index >= 15 is 0 Å². The maximum atomic E-state index is 3.97. The molecule has 3 nitrogen and oxygen atoms in total. The molecule has 0 radical (unpaired) electrons. The van der Waals surface area contributed by atoms with Crippen LogP contribution in [0.1, 0.15) is 38.2 Å². The number of nitrogens with one attached hydrogen (secondary N) is 2. The Balaban J connectivity index is 1.73. The van der Waals surface area contributed by atoms with Gasteiger partial charge in [-0.25, -0.2) is 0 Å². The van der Waals surface area contributed by atoms with Gasteiger partial charge in [0.15, 0.2) is 0 Å². The van der Waals surface area contributed by atoms with Crippen LogP contribution < -0.4 is 5.32 Å². The van der Waals surface area contributed by atoms with E-state index in [1.807, 2.05) is 6.07 Å². The molecule has 102 valence electrons. The summed E-state index contributed by atoms with van der Waals surface area (Å²) in [7, 11) is 0. The monoisotopic (exact) mass is 257 g/mol.